The molecule has 2 aromatic carbocycles. The molecule has 0 saturated heterocycles. The van der Waals surface area contributed by atoms with Crippen LogP contribution in [0.15, 0.2) is 42.0 Å². The summed E-state index contributed by atoms with van der Waals surface area (Å²) in [6.45, 7) is -0.0271. The molecule has 0 heterocycles. The Morgan fingerprint density at radius 1 is 1.13 bits per heavy atom. The van der Waals surface area contributed by atoms with Crippen molar-refractivity contribution in [3.05, 3.63) is 69.5 Å². The van der Waals surface area contributed by atoms with Gasteiger partial charge in [0.2, 0.25) is 0 Å². The van der Waals surface area contributed by atoms with Crippen LogP contribution in [0.1, 0.15) is 42.4 Å². The number of carbonyl (C=O) groups is 1. The molecule has 0 aliphatic heterocycles. The third kappa shape index (κ3) is 5.33. The number of allylic oxidation sites excluding steroid dienone is 1. The predicted octanol–water partition coefficient (Wildman–Crippen LogP) is 6.53. The molecule has 160 valence electrons. The van der Waals surface area contributed by atoms with Crippen LogP contribution in [0.25, 0.3) is 5.57 Å². The van der Waals surface area contributed by atoms with E-state index in [1.807, 2.05) is 12.1 Å². The molecule has 0 radical (unpaired) electrons. The van der Waals surface area contributed by atoms with E-state index < -0.39 is 47.7 Å². The summed E-state index contributed by atoms with van der Waals surface area (Å²) in [7, 11) is 0. The van der Waals surface area contributed by atoms with Gasteiger partial charge < -0.3 is 9.84 Å². The van der Waals surface area contributed by atoms with Gasteiger partial charge in [-0.05, 0) is 72.2 Å². The SMILES string of the molecule is O=C(O)CCc1cc(F)c(OCC2=C(c3ccc(Cl)cc3)CCC2)cc1C(F)(F)F. The van der Waals surface area contributed by atoms with Crippen LogP contribution in [0.2, 0.25) is 5.02 Å². The van der Waals surface area contributed by atoms with Crippen LogP contribution in [-0.4, -0.2) is 17.7 Å². The highest BCUT2D eigenvalue weighted by molar-refractivity contribution is 6.30. The maximum Gasteiger partial charge on any atom is 0.416 e. The Morgan fingerprint density at radius 3 is 2.47 bits per heavy atom. The van der Waals surface area contributed by atoms with Gasteiger partial charge in [-0.1, -0.05) is 23.7 Å². The predicted molar refractivity (Wildman–Crippen MR) is 105 cm³/mol. The topological polar surface area (TPSA) is 46.5 Å². The minimum atomic E-state index is -4.75. The van der Waals surface area contributed by atoms with Crippen molar-refractivity contribution in [2.75, 3.05) is 6.61 Å². The molecule has 0 atom stereocenters. The van der Waals surface area contributed by atoms with E-state index >= 15 is 0 Å². The minimum absolute atomic E-state index is 0.0271. The van der Waals surface area contributed by atoms with Crippen molar-refractivity contribution in [2.45, 2.75) is 38.3 Å². The maximum atomic E-state index is 14.4. The van der Waals surface area contributed by atoms with E-state index in [4.69, 9.17) is 21.4 Å². The average molecular weight is 443 g/mol. The summed E-state index contributed by atoms with van der Waals surface area (Å²) in [6, 6.07) is 8.57. The van der Waals surface area contributed by atoms with Crippen LogP contribution in [0.3, 0.4) is 0 Å². The molecule has 0 amide bonds. The Labute approximate surface area is 175 Å². The molecule has 1 aliphatic carbocycles. The molecule has 1 aliphatic rings. The van der Waals surface area contributed by atoms with Crippen molar-refractivity contribution in [2.24, 2.45) is 0 Å². The second-order valence-electron chi connectivity index (χ2n) is 7.06. The molecule has 0 unspecified atom stereocenters. The molecule has 0 bridgehead atoms. The number of aliphatic carboxylic acids is 1. The molecule has 30 heavy (non-hydrogen) atoms. The third-order valence-electron chi connectivity index (χ3n) is 5.00. The lowest BCUT2D eigenvalue weighted by molar-refractivity contribution is -0.140. The van der Waals surface area contributed by atoms with Crippen molar-refractivity contribution < 1.29 is 32.2 Å². The number of carboxylic acids is 1. The van der Waals surface area contributed by atoms with Gasteiger partial charge in [-0.2, -0.15) is 13.2 Å². The second kappa shape index (κ2) is 9.08. The van der Waals surface area contributed by atoms with Crippen molar-refractivity contribution >= 4 is 23.1 Å². The van der Waals surface area contributed by atoms with Gasteiger partial charge >= 0.3 is 12.1 Å². The van der Waals surface area contributed by atoms with E-state index in [9.17, 15) is 22.4 Å². The monoisotopic (exact) mass is 442 g/mol. The lowest BCUT2D eigenvalue weighted by Gasteiger charge is -2.16. The number of hydrogen-bond acceptors (Lipinski definition) is 2. The fourth-order valence-corrected chi connectivity index (χ4v) is 3.67. The van der Waals surface area contributed by atoms with E-state index in [1.54, 1.807) is 12.1 Å². The highest BCUT2D eigenvalue weighted by Gasteiger charge is 2.35. The van der Waals surface area contributed by atoms with Gasteiger partial charge in [0.05, 0.1) is 5.56 Å². The van der Waals surface area contributed by atoms with Crippen molar-refractivity contribution in [3.63, 3.8) is 0 Å². The lowest BCUT2D eigenvalue weighted by atomic mass is 10.0. The van der Waals surface area contributed by atoms with Gasteiger partial charge in [-0.25, -0.2) is 4.39 Å². The Hall–Kier alpha value is -2.54. The Kier molecular flexibility index (Phi) is 6.71. The first kappa shape index (κ1) is 22.2. The smallest absolute Gasteiger partial charge is 0.416 e. The summed E-state index contributed by atoms with van der Waals surface area (Å²) in [4.78, 5) is 10.7. The Bertz CT molecular complexity index is 966. The summed E-state index contributed by atoms with van der Waals surface area (Å²) in [5.41, 5.74) is 1.40. The van der Waals surface area contributed by atoms with Gasteiger partial charge in [0.1, 0.15) is 6.61 Å². The van der Waals surface area contributed by atoms with Crippen LogP contribution in [0.5, 0.6) is 5.75 Å². The normalized spacial score (nSPS) is 14.3. The molecule has 3 rings (SSSR count). The Balaban J connectivity index is 1.84. The molecule has 0 spiro atoms. The number of rotatable bonds is 7. The first-order valence-electron chi connectivity index (χ1n) is 9.36. The zero-order valence-electron chi connectivity index (χ0n) is 15.9. The summed E-state index contributed by atoms with van der Waals surface area (Å²) in [5.74, 6) is -2.71. The molecule has 1 N–H and O–H groups in total. The van der Waals surface area contributed by atoms with Crippen molar-refractivity contribution in [1.82, 2.24) is 0 Å². The fourth-order valence-electron chi connectivity index (χ4n) is 3.55. The molecule has 0 fully saturated rings. The molecule has 0 aromatic heterocycles. The van der Waals surface area contributed by atoms with E-state index in [1.165, 1.54) is 0 Å². The van der Waals surface area contributed by atoms with Crippen LogP contribution in [0.4, 0.5) is 17.6 Å². The molecular weight excluding hydrogens is 424 g/mol. The Morgan fingerprint density at radius 2 is 1.83 bits per heavy atom. The number of aryl methyl sites for hydroxylation is 1. The number of benzene rings is 2. The first-order valence-corrected chi connectivity index (χ1v) is 9.74. The second-order valence-corrected chi connectivity index (χ2v) is 7.50. The summed E-state index contributed by atoms with van der Waals surface area (Å²) in [5, 5.41) is 9.32. The maximum absolute atomic E-state index is 14.4. The van der Waals surface area contributed by atoms with E-state index in [0.717, 1.165) is 29.6 Å². The van der Waals surface area contributed by atoms with Crippen molar-refractivity contribution in [1.29, 1.82) is 0 Å². The van der Waals surface area contributed by atoms with Crippen molar-refractivity contribution in [3.8, 4) is 5.75 Å². The minimum Gasteiger partial charge on any atom is -0.486 e. The number of ether oxygens (including phenoxy) is 1. The number of carboxylic acid groups (broad SMARTS) is 1. The van der Waals surface area contributed by atoms with Gasteiger partial charge in [0, 0.05) is 11.4 Å². The van der Waals surface area contributed by atoms with Crippen LogP contribution >= 0.6 is 11.6 Å². The van der Waals surface area contributed by atoms with E-state index in [-0.39, 0.29) is 6.61 Å². The van der Waals surface area contributed by atoms with E-state index in [0.29, 0.717) is 23.6 Å². The van der Waals surface area contributed by atoms with Crippen LogP contribution in [0, 0.1) is 5.82 Å². The average Bonchev–Trinajstić information content (AvgIpc) is 3.13. The zero-order chi connectivity index (χ0) is 21.9. The number of halogens is 5. The molecule has 3 nitrogen and oxygen atoms in total. The van der Waals surface area contributed by atoms with Gasteiger partial charge in [0.25, 0.3) is 0 Å². The summed E-state index contributed by atoms with van der Waals surface area (Å²) >= 11 is 5.91. The highest BCUT2D eigenvalue weighted by atomic mass is 35.5. The quantitative estimate of drug-likeness (QED) is 0.496. The zero-order valence-corrected chi connectivity index (χ0v) is 16.6. The fraction of sp³-hybridized carbons (Fsp3) is 0.318. The van der Waals surface area contributed by atoms with Gasteiger partial charge in [-0.15, -0.1) is 0 Å². The van der Waals surface area contributed by atoms with Gasteiger partial charge in [-0.3, -0.25) is 4.79 Å². The third-order valence-corrected chi connectivity index (χ3v) is 5.25. The summed E-state index contributed by atoms with van der Waals surface area (Å²) < 4.78 is 60.0. The summed E-state index contributed by atoms with van der Waals surface area (Å²) in [6.07, 6.45) is -3.32. The molecule has 8 heteroatoms. The highest BCUT2D eigenvalue weighted by Crippen LogP contribution is 2.38. The standard InChI is InChI=1S/C22H19ClF4O3/c23-16-7-4-13(5-8-16)17-3-1-2-15(17)12-30-20-11-18(22(25,26)27)14(10-19(20)24)6-9-21(28)29/h4-5,7-8,10-11H,1-3,6,9,12H2,(H,28,29). The lowest BCUT2D eigenvalue weighted by Crippen LogP contribution is -2.13. The largest absolute Gasteiger partial charge is 0.486 e. The number of alkyl halides is 3. The van der Waals surface area contributed by atoms with Crippen LogP contribution in [-0.2, 0) is 17.4 Å². The molecular formula is C22H19ClF4O3. The first-order chi connectivity index (χ1) is 14.1. The number of hydrogen-bond donors (Lipinski definition) is 1. The molecule has 2 aromatic rings. The van der Waals surface area contributed by atoms with E-state index in [2.05, 4.69) is 0 Å². The van der Waals surface area contributed by atoms with Gasteiger partial charge in [0.15, 0.2) is 11.6 Å². The van der Waals surface area contributed by atoms with Crippen LogP contribution < -0.4 is 4.74 Å². The molecule has 0 saturated carbocycles.